The van der Waals surface area contributed by atoms with Crippen molar-refractivity contribution < 1.29 is 22.0 Å². The van der Waals surface area contributed by atoms with Gasteiger partial charge >= 0.3 is 6.18 Å². The van der Waals surface area contributed by atoms with Crippen LogP contribution in [0.1, 0.15) is 31.4 Å². The molecule has 0 amide bonds. The highest BCUT2D eigenvalue weighted by Crippen LogP contribution is 2.40. The van der Waals surface area contributed by atoms with Crippen molar-refractivity contribution in [2.24, 2.45) is 5.41 Å². The summed E-state index contributed by atoms with van der Waals surface area (Å²) in [5.41, 5.74) is -0.0178. The van der Waals surface area contributed by atoms with Gasteiger partial charge < -0.3 is 4.90 Å². The lowest BCUT2D eigenvalue weighted by molar-refractivity contribution is -0.190. The summed E-state index contributed by atoms with van der Waals surface area (Å²) >= 11 is 0. The van der Waals surface area contributed by atoms with Gasteiger partial charge in [-0.25, -0.2) is 8.78 Å². The van der Waals surface area contributed by atoms with Crippen LogP contribution < -0.4 is 4.90 Å². The zero-order valence-corrected chi connectivity index (χ0v) is 18.2. The lowest BCUT2D eigenvalue weighted by atomic mass is 9.91. The molecule has 0 radical (unpaired) electrons. The van der Waals surface area contributed by atoms with Crippen molar-refractivity contribution in [1.82, 2.24) is 19.6 Å². The van der Waals surface area contributed by atoms with Crippen molar-refractivity contribution in [2.75, 3.05) is 11.4 Å². The maximum atomic E-state index is 15.0. The van der Waals surface area contributed by atoms with Crippen molar-refractivity contribution >= 4 is 28.2 Å². The van der Waals surface area contributed by atoms with Crippen molar-refractivity contribution in [2.45, 2.75) is 32.9 Å². The van der Waals surface area contributed by atoms with Crippen molar-refractivity contribution in [1.29, 1.82) is 0 Å². The first-order valence-electron chi connectivity index (χ1n) is 10.6. The Hall–Kier alpha value is -3.74. The third-order valence-corrected chi connectivity index (χ3v) is 6.02. The van der Waals surface area contributed by atoms with Gasteiger partial charge in [0.25, 0.3) is 5.78 Å². The molecule has 1 aliphatic rings. The van der Waals surface area contributed by atoms with Gasteiger partial charge in [0.15, 0.2) is 11.6 Å². The minimum absolute atomic E-state index is 0.0326. The fraction of sp³-hybridized carbons (Fsp3) is 0.292. The van der Waals surface area contributed by atoms with Crippen LogP contribution in [0.25, 0.3) is 16.7 Å². The topological polar surface area (TPSA) is 46.3 Å². The molecule has 0 aliphatic carbocycles. The van der Waals surface area contributed by atoms with Crippen LogP contribution in [0.4, 0.5) is 33.5 Å². The summed E-state index contributed by atoms with van der Waals surface area (Å²) < 4.78 is 70.6. The van der Waals surface area contributed by atoms with Gasteiger partial charge in [-0.1, -0.05) is 17.9 Å². The smallest absolute Gasteiger partial charge is 0.325 e. The molecule has 0 N–H and O–H groups in total. The molecule has 0 bridgehead atoms. The monoisotopic (exact) mass is 471 g/mol. The molecule has 0 unspecified atom stereocenters. The molecule has 0 saturated carbocycles. The first-order valence-corrected chi connectivity index (χ1v) is 10.6. The SMILES string of the molecule is CC(C)(C#Cc1cccc2c1CCCN2c1nc2nncn2c2ccc(F)c(F)c12)C(F)(F)F. The molecule has 1 aliphatic heterocycles. The summed E-state index contributed by atoms with van der Waals surface area (Å²) in [7, 11) is 0. The van der Waals surface area contributed by atoms with Crippen LogP contribution >= 0.6 is 0 Å². The Bertz CT molecular complexity index is 1490. The number of anilines is 2. The van der Waals surface area contributed by atoms with Gasteiger partial charge in [-0.3, -0.25) is 4.40 Å². The van der Waals surface area contributed by atoms with E-state index in [-0.39, 0.29) is 17.0 Å². The number of hydrogen-bond acceptors (Lipinski definition) is 4. The molecule has 0 atom stereocenters. The Labute approximate surface area is 191 Å². The van der Waals surface area contributed by atoms with Gasteiger partial charge in [-0.2, -0.15) is 18.2 Å². The van der Waals surface area contributed by atoms with Gasteiger partial charge in [-0.15, -0.1) is 10.2 Å². The van der Waals surface area contributed by atoms with Gasteiger partial charge in [0.05, 0.1) is 10.9 Å². The van der Waals surface area contributed by atoms with E-state index in [0.29, 0.717) is 36.2 Å². The molecule has 3 heterocycles. The minimum atomic E-state index is -4.47. The van der Waals surface area contributed by atoms with E-state index in [4.69, 9.17) is 0 Å². The number of halogens is 5. The molecule has 5 nitrogen and oxygen atoms in total. The van der Waals surface area contributed by atoms with E-state index in [2.05, 4.69) is 27.0 Å². The normalized spacial score (nSPS) is 14.3. The Morgan fingerprint density at radius 3 is 2.62 bits per heavy atom. The number of hydrogen-bond donors (Lipinski definition) is 0. The quantitative estimate of drug-likeness (QED) is 0.269. The summed E-state index contributed by atoms with van der Waals surface area (Å²) in [4.78, 5) is 6.19. The molecular weight excluding hydrogens is 453 g/mol. The average molecular weight is 471 g/mol. The fourth-order valence-corrected chi connectivity index (χ4v) is 4.03. The van der Waals surface area contributed by atoms with Gasteiger partial charge in [0, 0.05) is 17.8 Å². The maximum Gasteiger partial charge on any atom is 0.404 e. The lowest BCUT2D eigenvalue weighted by Gasteiger charge is -2.32. The van der Waals surface area contributed by atoms with Crippen LogP contribution in [-0.4, -0.2) is 32.3 Å². The predicted octanol–water partition coefficient (Wildman–Crippen LogP) is 5.58. The first kappa shape index (κ1) is 22.1. The lowest BCUT2D eigenvalue weighted by Crippen LogP contribution is -2.30. The molecule has 4 aromatic rings. The Kier molecular flexibility index (Phi) is 4.97. The second kappa shape index (κ2) is 7.65. The first-order chi connectivity index (χ1) is 16.1. The summed E-state index contributed by atoms with van der Waals surface area (Å²) in [5.74, 6) is 3.35. The molecular formula is C24H18F5N5. The van der Waals surface area contributed by atoms with Crippen molar-refractivity contribution in [3.8, 4) is 11.8 Å². The van der Waals surface area contributed by atoms with Crippen LogP contribution in [0, 0.1) is 28.9 Å². The number of fused-ring (bicyclic) bond motifs is 4. The molecule has 0 saturated heterocycles. The zero-order valence-electron chi connectivity index (χ0n) is 18.2. The number of benzene rings is 2. The van der Waals surface area contributed by atoms with Crippen LogP contribution in [0.15, 0.2) is 36.7 Å². The molecule has 2 aromatic carbocycles. The number of aromatic nitrogens is 4. The van der Waals surface area contributed by atoms with Crippen molar-refractivity contribution in [3.05, 3.63) is 59.4 Å². The zero-order chi connectivity index (χ0) is 24.3. The van der Waals surface area contributed by atoms with E-state index >= 15 is 4.39 Å². The highest BCUT2D eigenvalue weighted by Gasteiger charge is 2.46. The number of rotatable bonds is 1. The molecule has 0 spiro atoms. The summed E-state index contributed by atoms with van der Waals surface area (Å²) in [5, 5.41) is 7.75. The van der Waals surface area contributed by atoms with Crippen LogP contribution in [0.3, 0.4) is 0 Å². The third kappa shape index (κ3) is 3.43. The predicted molar refractivity (Wildman–Crippen MR) is 117 cm³/mol. The number of nitrogens with zero attached hydrogens (tertiary/aromatic N) is 5. The molecule has 0 fully saturated rings. The summed E-state index contributed by atoms with van der Waals surface area (Å²) in [6.07, 6.45) is -1.91. The second-order valence-corrected chi connectivity index (χ2v) is 8.62. The second-order valence-electron chi connectivity index (χ2n) is 8.62. The Morgan fingerprint density at radius 2 is 1.85 bits per heavy atom. The third-order valence-electron chi connectivity index (χ3n) is 6.02. The Balaban J connectivity index is 1.70. The van der Waals surface area contributed by atoms with E-state index in [1.807, 2.05) is 0 Å². The standard InChI is InChI=1S/C24H18F5N5/c1-23(2,24(27,28)29)11-10-14-5-3-7-17-15(14)6-4-12-33(17)21-19-18(9-8-16(25)20(19)26)34-13-30-32-22(34)31-21/h3,5,7-9,13H,4,6,12H2,1-2H3. The molecule has 34 heavy (non-hydrogen) atoms. The molecule has 2 aromatic heterocycles. The van der Waals surface area contributed by atoms with E-state index < -0.39 is 23.2 Å². The number of alkyl halides is 3. The highest BCUT2D eigenvalue weighted by atomic mass is 19.4. The van der Waals surface area contributed by atoms with Crippen LogP contribution in [0.2, 0.25) is 0 Å². The summed E-state index contributed by atoms with van der Waals surface area (Å²) in [6, 6.07) is 7.57. The molecule has 10 heteroatoms. The van der Waals surface area contributed by atoms with E-state index in [1.165, 1.54) is 16.8 Å². The largest absolute Gasteiger partial charge is 0.404 e. The van der Waals surface area contributed by atoms with Crippen LogP contribution in [-0.2, 0) is 6.42 Å². The average Bonchev–Trinajstić information content (AvgIpc) is 3.27. The summed E-state index contributed by atoms with van der Waals surface area (Å²) in [6.45, 7) is 2.51. The van der Waals surface area contributed by atoms with Crippen molar-refractivity contribution in [3.63, 3.8) is 0 Å². The highest BCUT2D eigenvalue weighted by molar-refractivity contribution is 5.94. The van der Waals surface area contributed by atoms with Gasteiger partial charge in [0.1, 0.15) is 17.6 Å². The van der Waals surface area contributed by atoms with Crippen LogP contribution in [0.5, 0.6) is 0 Å². The van der Waals surface area contributed by atoms with Gasteiger partial charge in [0.2, 0.25) is 0 Å². The fourth-order valence-electron chi connectivity index (χ4n) is 4.03. The maximum absolute atomic E-state index is 15.0. The van der Waals surface area contributed by atoms with E-state index in [9.17, 15) is 17.6 Å². The molecule has 174 valence electrons. The van der Waals surface area contributed by atoms with Gasteiger partial charge in [-0.05, 0) is 56.5 Å². The molecule has 5 rings (SSSR count). The van der Waals surface area contributed by atoms with E-state index in [0.717, 1.165) is 25.5 Å². The minimum Gasteiger partial charge on any atom is -0.325 e. The van der Waals surface area contributed by atoms with E-state index in [1.54, 1.807) is 23.1 Å². The Morgan fingerprint density at radius 1 is 1.06 bits per heavy atom.